The van der Waals surface area contributed by atoms with Gasteiger partial charge in [-0.2, -0.15) is 0 Å². The van der Waals surface area contributed by atoms with Crippen LogP contribution in [0.25, 0.3) is 16.7 Å². The summed E-state index contributed by atoms with van der Waals surface area (Å²) in [6.45, 7) is 1.79. The summed E-state index contributed by atoms with van der Waals surface area (Å²) in [6, 6.07) is 11.2. The molecule has 1 heterocycles. The lowest BCUT2D eigenvalue weighted by atomic mass is 10.1. The van der Waals surface area contributed by atoms with Crippen LogP contribution in [0.1, 0.15) is 11.4 Å². The minimum Gasteiger partial charge on any atom is -0.296 e. The molecule has 2 nitrogen and oxygen atoms in total. The van der Waals surface area contributed by atoms with Crippen LogP contribution in [-0.4, -0.2) is 15.4 Å². The molecule has 0 unspecified atom stereocenters. The smallest absolute Gasteiger partial charge is 0.128 e. The van der Waals surface area contributed by atoms with Crippen LogP contribution >= 0.6 is 34.2 Å². The van der Waals surface area contributed by atoms with Gasteiger partial charge in [-0.25, -0.2) is 9.37 Å². The molecule has 1 aromatic heterocycles. The molecule has 0 atom stereocenters. The lowest BCUT2D eigenvalue weighted by Crippen LogP contribution is -2.05. The Balaban J connectivity index is 2.33. The number of hydrogen-bond donors (Lipinski definition) is 0. The Morgan fingerprint density at radius 1 is 1.29 bits per heavy atom. The highest BCUT2D eigenvalue weighted by Crippen LogP contribution is 2.26. The molecule has 3 aromatic rings. The number of fused-ring (bicyclic) bond motifs is 1. The van der Waals surface area contributed by atoms with E-state index in [1.54, 1.807) is 13.0 Å². The van der Waals surface area contributed by atoms with E-state index in [2.05, 4.69) is 27.6 Å². The van der Waals surface area contributed by atoms with Crippen molar-refractivity contribution >= 4 is 45.2 Å². The number of benzene rings is 2. The zero-order valence-corrected chi connectivity index (χ0v) is 14.3. The molecule has 0 fully saturated rings. The molecule has 0 aliphatic carbocycles. The molecule has 5 heteroatoms. The fourth-order valence-corrected chi connectivity index (χ4v) is 3.11. The predicted octanol–water partition coefficient (Wildman–Crippen LogP) is 4.86. The second kappa shape index (κ2) is 5.93. The van der Waals surface area contributed by atoms with E-state index in [0.717, 1.165) is 26.1 Å². The van der Waals surface area contributed by atoms with E-state index in [1.165, 1.54) is 6.07 Å². The first-order valence-corrected chi connectivity index (χ1v) is 8.21. The number of hydrogen-bond acceptors (Lipinski definition) is 1. The first-order chi connectivity index (χ1) is 10.1. The maximum absolute atomic E-state index is 13.9. The lowest BCUT2D eigenvalue weighted by molar-refractivity contribution is 0.616. The van der Waals surface area contributed by atoms with Crippen molar-refractivity contribution in [3.63, 3.8) is 0 Å². The van der Waals surface area contributed by atoms with Gasteiger partial charge in [-0.3, -0.25) is 4.57 Å². The maximum Gasteiger partial charge on any atom is 0.128 e. The summed E-state index contributed by atoms with van der Waals surface area (Å²) in [4.78, 5) is 4.66. The van der Waals surface area contributed by atoms with Gasteiger partial charge in [0.25, 0.3) is 0 Å². The van der Waals surface area contributed by atoms with E-state index in [-0.39, 0.29) is 5.82 Å². The van der Waals surface area contributed by atoms with Crippen molar-refractivity contribution in [3.05, 3.63) is 57.2 Å². The van der Waals surface area contributed by atoms with Gasteiger partial charge in [0.1, 0.15) is 11.6 Å². The highest BCUT2D eigenvalue weighted by atomic mass is 127. The van der Waals surface area contributed by atoms with Gasteiger partial charge in [0.15, 0.2) is 0 Å². The number of halogens is 3. The summed E-state index contributed by atoms with van der Waals surface area (Å²) < 4.78 is 17.0. The average molecular weight is 415 g/mol. The van der Waals surface area contributed by atoms with Crippen LogP contribution in [0.2, 0.25) is 0 Å². The Labute approximate surface area is 141 Å². The van der Waals surface area contributed by atoms with Crippen molar-refractivity contribution in [2.24, 2.45) is 0 Å². The predicted molar refractivity (Wildman–Crippen MR) is 92.9 cm³/mol. The molecule has 0 N–H and O–H groups in total. The number of aryl methyl sites for hydroxylation is 1. The standard InChI is InChI=1S/C16H13ClFIN2/c1-10-12(18)3-2-4-14(10)21-15-6-5-11(19)9-13(15)20-16(21)7-8-17/h2-6,9H,7-8H2,1H3. The Bertz CT molecular complexity index is 813. The fraction of sp³-hybridized carbons (Fsp3) is 0.188. The van der Waals surface area contributed by atoms with Crippen LogP contribution in [0.4, 0.5) is 4.39 Å². The van der Waals surface area contributed by atoms with Gasteiger partial charge in [-0.1, -0.05) is 6.07 Å². The highest BCUT2D eigenvalue weighted by Gasteiger charge is 2.15. The second-order valence-corrected chi connectivity index (χ2v) is 6.44. The molecule has 0 aliphatic heterocycles. The summed E-state index contributed by atoms with van der Waals surface area (Å²) in [6.07, 6.45) is 0.642. The van der Waals surface area contributed by atoms with Crippen molar-refractivity contribution in [1.82, 2.24) is 9.55 Å². The van der Waals surface area contributed by atoms with E-state index in [0.29, 0.717) is 17.9 Å². The molecule has 2 aromatic carbocycles. The minimum absolute atomic E-state index is 0.211. The quantitative estimate of drug-likeness (QED) is 0.442. The Hall–Kier alpha value is -1.14. The molecule has 0 bridgehead atoms. The van der Waals surface area contributed by atoms with Crippen LogP contribution in [0.15, 0.2) is 36.4 Å². The third-order valence-electron chi connectivity index (χ3n) is 3.48. The second-order valence-electron chi connectivity index (χ2n) is 4.82. The van der Waals surface area contributed by atoms with Crippen LogP contribution < -0.4 is 0 Å². The topological polar surface area (TPSA) is 17.8 Å². The van der Waals surface area contributed by atoms with Gasteiger partial charge in [0, 0.05) is 21.4 Å². The molecule has 108 valence electrons. The van der Waals surface area contributed by atoms with Crippen molar-refractivity contribution in [3.8, 4) is 5.69 Å². The SMILES string of the molecule is Cc1c(F)cccc1-n1c(CCCl)nc2cc(I)ccc21. The van der Waals surface area contributed by atoms with E-state index in [1.807, 2.05) is 28.8 Å². The molecular weight excluding hydrogens is 402 g/mol. The summed E-state index contributed by atoms with van der Waals surface area (Å²) in [7, 11) is 0. The Kier molecular flexibility index (Phi) is 4.17. The van der Waals surface area contributed by atoms with Crippen molar-refractivity contribution in [1.29, 1.82) is 0 Å². The van der Waals surface area contributed by atoms with Gasteiger partial charge in [-0.15, -0.1) is 11.6 Å². The van der Waals surface area contributed by atoms with Crippen LogP contribution in [-0.2, 0) is 6.42 Å². The molecule has 0 aliphatic rings. The van der Waals surface area contributed by atoms with Crippen molar-refractivity contribution in [2.45, 2.75) is 13.3 Å². The van der Waals surface area contributed by atoms with E-state index >= 15 is 0 Å². The van der Waals surface area contributed by atoms with Gasteiger partial charge >= 0.3 is 0 Å². The molecule has 0 radical (unpaired) electrons. The number of rotatable bonds is 3. The van der Waals surface area contributed by atoms with E-state index in [9.17, 15) is 4.39 Å². The number of imidazole rings is 1. The van der Waals surface area contributed by atoms with Gasteiger partial charge in [-0.05, 0) is 59.8 Å². The maximum atomic E-state index is 13.9. The molecule has 0 saturated carbocycles. The summed E-state index contributed by atoms with van der Waals surface area (Å²) >= 11 is 8.16. The molecule has 0 spiro atoms. The molecular formula is C16H13ClFIN2. The number of alkyl halides is 1. The Morgan fingerprint density at radius 3 is 2.86 bits per heavy atom. The molecule has 3 rings (SSSR count). The van der Waals surface area contributed by atoms with Crippen molar-refractivity contribution < 1.29 is 4.39 Å². The Morgan fingerprint density at radius 2 is 2.10 bits per heavy atom. The van der Waals surface area contributed by atoms with Gasteiger partial charge in [0.05, 0.1) is 16.7 Å². The van der Waals surface area contributed by atoms with Crippen molar-refractivity contribution in [2.75, 3.05) is 5.88 Å². The highest BCUT2D eigenvalue weighted by molar-refractivity contribution is 14.1. The monoisotopic (exact) mass is 414 g/mol. The third kappa shape index (κ3) is 2.66. The van der Waals surface area contributed by atoms with Gasteiger partial charge in [0.2, 0.25) is 0 Å². The van der Waals surface area contributed by atoms with E-state index in [4.69, 9.17) is 11.6 Å². The zero-order valence-electron chi connectivity index (χ0n) is 11.4. The average Bonchev–Trinajstić information content (AvgIpc) is 2.79. The number of aromatic nitrogens is 2. The summed E-state index contributed by atoms with van der Waals surface area (Å²) in [5.41, 5.74) is 3.32. The lowest BCUT2D eigenvalue weighted by Gasteiger charge is -2.12. The summed E-state index contributed by atoms with van der Waals surface area (Å²) in [5, 5.41) is 0. The van der Waals surface area contributed by atoms with Crippen LogP contribution in [0.5, 0.6) is 0 Å². The molecule has 0 saturated heterocycles. The largest absolute Gasteiger partial charge is 0.296 e. The fourth-order valence-electron chi connectivity index (χ4n) is 2.46. The van der Waals surface area contributed by atoms with Crippen LogP contribution in [0.3, 0.4) is 0 Å². The molecule has 21 heavy (non-hydrogen) atoms. The van der Waals surface area contributed by atoms with Crippen LogP contribution in [0, 0.1) is 16.3 Å². The number of nitrogens with zero attached hydrogens (tertiary/aromatic N) is 2. The first kappa shape index (κ1) is 14.8. The molecule has 0 amide bonds. The van der Waals surface area contributed by atoms with E-state index < -0.39 is 0 Å². The zero-order chi connectivity index (χ0) is 15.0. The first-order valence-electron chi connectivity index (χ1n) is 6.60. The summed E-state index contributed by atoms with van der Waals surface area (Å²) in [5.74, 6) is 1.13. The minimum atomic E-state index is -0.211. The third-order valence-corrected chi connectivity index (χ3v) is 4.34. The van der Waals surface area contributed by atoms with Gasteiger partial charge < -0.3 is 0 Å². The normalized spacial score (nSPS) is 11.2.